The third-order valence-electron chi connectivity index (χ3n) is 4.70. The molecule has 3 nitrogen and oxygen atoms in total. The zero-order valence-electron chi connectivity index (χ0n) is 13.1. The summed E-state index contributed by atoms with van der Waals surface area (Å²) in [5.41, 5.74) is 1.27. The molecule has 0 amide bonds. The van der Waals surface area contributed by atoms with Crippen LogP contribution in [0.15, 0.2) is 24.5 Å². The Morgan fingerprint density at radius 1 is 1.45 bits per heavy atom. The van der Waals surface area contributed by atoms with Gasteiger partial charge < -0.3 is 10.1 Å². The lowest BCUT2D eigenvalue weighted by atomic mass is 9.74. The molecule has 0 aromatic carbocycles. The molecule has 1 heterocycles. The molecule has 1 unspecified atom stereocenters. The number of pyridine rings is 1. The fourth-order valence-corrected chi connectivity index (χ4v) is 3.44. The van der Waals surface area contributed by atoms with Gasteiger partial charge in [0.05, 0.1) is 5.60 Å². The highest BCUT2D eigenvalue weighted by Gasteiger charge is 2.41. The molecule has 0 radical (unpaired) electrons. The van der Waals surface area contributed by atoms with E-state index in [0.29, 0.717) is 6.04 Å². The Hall–Kier alpha value is -0.930. The first kappa shape index (κ1) is 15.5. The summed E-state index contributed by atoms with van der Waals surface area (Å²) in [5, 5.41) is 3.51. The van der Waals surface area contributed by atoms with Gasteiger partial charge in [-0.25, -0.2) is 0 Å². The zero-order valence-corrected chi connectivity index (χ0v) is 13.1. The Morgan fingerprint density at radius 2 is 2.20 bits per heavy atom. The quantitative estimate of drug-likeness (QED) is 0.866. The van der Waals surface area contributed by atoms with Crippen LogP contribution in [0.3, 0.4) is 0 Å². The van der Waals surface area contributed by atoms with E-state index in [-0.39, 0.29) is 5.60 Å². The van der Waals surface area contributed by atoms with Gasteiger partial charge in [-0.15, -0.1) is 0 Å². The minimum absolute atomic E-state index is 0.00808. The zero-order chi connectivity index (χ0) is 14.4. The van der Waals surface area contributed by atoms with Crippen LogP contribution in [0.4, 0.5) is 0 Å². The molecule has 0 spiro atoms. The molecule has 1 N–H and O–H groups in total. The second-order valence-electron chi connectivity index (χ2n) is 6.09. The van der Waals surface area contributed by atoms with Crippen molar-refractivity contribution in [2.24, 2.45) is 5.92 Å². The van der Waals surface area contributed by atoms with Crippen LogP contribution < -0.4 is 5.32 Å². The van der Waals surface area contributed by atoms with Gasteiger partial charge in [0, 0.05) is 25.0 Å². The minimum Gasteiger partial charge on any atom is -0.374 e. The Bertz CT molecular complexity index is 385. The predicted molar refractivity (Wildman–Crippen MR) is 82.8 cm³/mol. The molecule has 1 aromatic heterocycles. The number of hydrogen-bond acceptors (Lipinski definition) is 3. The molecule has 0 aliphatic heterocycles. The summed E-state index contributed by atoms with van der Waals surface area (Å²) in [7, 11) is 2.06. The molecule has 1 atom stereocenters. The van der Waals surface area contributed by atoms with Gasteiger partial charge in [-0.3, -0.25) is 4.98 Å². The fraction of sp³-hybridized carbons (Fsp3) is 0.706. The van der Waals surface area contributed by atoms with Crippen LogP contribution in [0, 0.1) is 5.92 Å². The van der Waals surface area contributed by atoms with Gasteiger partial charge in [0.2, 0.25) is 0 Å². The van der Waals surface area contributed by atoms with Crippen LogP contribution >= 0.6 is 0 Å². The van der Waals surface area contributed by atoms with Gasteiger partial charge in [0.1, 0.15) is 0 Å². The average Bonchev–Trinajstić information content (AvgIpc) is 2.49. The third kappa shape index (κ3) is 3.58. The van der Waals surface area contributed by atoms with E-state index in [9.17, 15) is 0 Å². The van der Waals surface area contributed by atoms with Crippen LogP contribution in [0.2, 0.25) is 0 Å². The van der Waals surface area contributed by atoms with Crippen molar-refractivity contribution < 1.29 is 4.74 Å². The van der Waals surface area contributed by atoms with Crippen molar-refractivity contribution in [3.8, 4) is 0 Å². The summed E-state index contributed by atoms with van der Waals surface area (Å²) in [6.45, 7) is 5.25. The van der Waals surface area contributed by atoms with Gasteiger partial charge in [0.15, 0.2) is 0 Å². The number of likely N-dealkylation sites (N-methyl/N-ethyl adjacent to an activating group) is 1. The summed E-state index contributed by atoms with van der Waals surface area (Å²) in [6, 6.07) is 4.53. The average molecular weight is 276 g/mol. The highest BCUT2D eigenvalue weighted by Crippen LogP contribution is 2.38. The van der Waals surface area contributed by atoms with Crippen molar-refractivity contribution in [1.29, 1.82) is 0 Å². The molecule has 1 fully saturated rings. The van der Waals surface area contributed by atoms with Crippen LogP contribution in [-0.2, 0) is 11.2 Å². The van der Waals surface area contributed by atoms with E-state index in [0.717, 1.165) is 31.8 Å². The van der Waals surface area contributed by atoms with Crippen LogP contribution in [0.5, 0.6) is 0 Å². The summed E-state index contributed by atoms with van der Waals surface area (Å²) in [6.07, 6.45) is 9.64. The lowest BCUT2D eigenvalue weighted by molar-refractivity contribution is -0.0947. The van der Waals surface area contributed by atoms with Crippen molar-refractivity contribution in [2.75, 3.05) is 13.7 Å². The lowest BCUT2D eigenvalue weighted by Gasteiger charge is -2.45. The summed E-state index contributed by atoms with van der Waals surface area (Å²) in [4.78, 5) is 4.23. The fourth-order valence-electron chi connectivity index (χ4n) is 3.44. The monoisotopic (exact) mass is 276 g/mol. The number of hydrogen-bond donors (Lipinski definition) is 1. The third-order valence-corrected chi connectivity index (χ3v) is 4.70. The van der Waals surface area contributed by atoms with E-state index in [1.807, 2.05) is 18.5 Å². The maximum atomic E-state index is 6.26. The number of nitrogens with one attached hydrogen (secondary N) is 1. The van der Waals surface area contributed by atoms with Crippen molar-refractivity contribution in [2.45, 2.75) is 57.6 Å². The van der Waals surface area contributed by atoms with Gasteiger partial charge in [-0.05, 0) is 63.6 Å². The minimum atomic E-state index is -0.00808. The second kappa shape index (κ2) is 7.19. The molecule has 20 heavy (non-hydrogen) atoms. The molecule has 0 saturated heterocycles. The van der Waals surface area contributed by atoms with E-state index in [1.165, 1.54) is 18.4 Å². The molecule has 0 bridgehead atoms. The van der Waals surface area contributed by atoms with Crippen molar-refractivity contribution in [3.63, 3.8) is 0 Å². The first-order valence-corrected chi connectivity index (χ1v) is 7.90. The van der Waals surface area contributed by atoms with Crippen LogP contribution in [-0.4, -0.2) is 30.3 Å². The van der Waals surface area contributed by atoms with E-state index in [4.69, 9.17) is 4.74 Å². The van der Waals surface area contributed by atoms with Crippen LogP contribution in [0.25, 0.3) is 0 Å². The molecule has 1 aliphatic carbocycles. The number of rotatable bonds is 6. The van der Waals surface area contributed by atoms with Gasteiger partial charge >= 0.3 is 0 Å². The summed E-state index contributed by atoms with van der Waals surface area (Å²) < 4.78 is 6.26. The maximum Gasteiger partial charge on any atom is 0.0837 e. The van der Waals surface area contributed by atoms with E-state index >= 15 is 0 Å². The molecular weight excluding hydrogens is 248 g/mol. The normalized spacial score (nSPS) is 28.2. The van der Waals surface area contributed by atoms with Crippen molar-refractivity contribution >= 4 is 0 Å². The standard InChI is InChI=1S/C17H28N2O/c1-4-20-17(9-7-14(2)8-10-17)16(18-3)12-15-6-5-11-19-13-15/h5-6,11,13-14,16,18H,4,7-10,12H2,1-3H3. The molecule has 2 rings (SSSR count). The molecule has 112 valence electrons. The first-order chi connectivity index (χ1) is 9.70. The predicted octanol–water partition coefficient (Wildman–Crippen LogP) is 3.20. The molecule has 1 aromatic rings. The number of ether oxygens (including phenoxy) is 1. The number of aromatic nitrogens is 1. The Labute approximate surface area is 123 Å². The van der Waals surface area contributed by atoms with E-state index in [1.54, 1.807) is 0 Å². The highest BCUT2D eigenvalue weighted by atomic mass is 16.5. The smallest absolute Gasteiger partial charge is 0.0837 e. The summed E-state index contributed by atoms with van der Waals surface area (Å²) >= 11 is 0. The first-order valence-electron chi connectivity index (χ1n) is 7.90. The van der Waals surface area contributed by atoms with Crippen molar-refractivity contribution in [1.82, 2.24) is 10.3 Å². The molecular formula is C17H28N2O. The topological polar surface area (TPSA) is 34.1 Å². The van der Waals surface area contributed by atoms with Gasteiger partial charge in [-0.1, -0.05) is 13.0 Å². The van der Waals surface area contributed by atoms with E-state index < -0.39 is 0 Å². The Kier molecular flexibility index (Phi) is 5.55. The Balaban J connectivity index is 2.13. The van der Waals surface area contributed by atoms with Gasteiger partial charge in [-0.2, -0.15) is 0 Å². The maximum absolute atomic E-state index is 6.26. The summed E-state index contributed by atoms with van der Waals surface area (Å²) in [5.74, 6) is 0.833. The molecule has 1 aliphatic rings. The lowest BCUT2D eigenvalue weighted by Crippen LogP contribution is -2.54. The molecule has 1 saturated carbocycles. The number of nitrogens with zero attached hydrogens (tertiary/aromatic N) is 1. The van der Waals surface area contributed by atoms with Crippen molar-refractivity contribution in [3.05, 3.63) is 30.1 Å². The largest absolute Gasteiger partial charge is 0.374 e. The molecule has 3 heteroatoms. The van der Waals surface area contributed by atoms with Crippen LogP contribution in [0.1, 0.15) is 45.1 Å². The highest BCUT2D eigenvalue weighted by molar-refractivity contribution is 5.13. The second-order valence-corrected chi connectivity index (χ2v) is 6.09. The van der Waals surface area contributed by atoms with E-state index in [2.05, 4.69) is 37.3 Å². The Morgan fingerprint density at radius 3 is 2.75 bits per heavy atom. The van der Waals surface area contributed by atoms with Gasteiger partial charge in [0.25, 0.3) is 0 Å². The SMILES string of the molecule is CCOC1(C(Cc2cccnc2)NC)CCC(C)CC1.